The van der Waals surface area contributed by atoms with Crippen LogP contribution < -0.4 is 0 Å². The van der Waals surface area contributed by atoms with Crippen molar-refractivity contribution < 1.29 is 16.8 Å². The lowest BCUT2D eigenvalue weighted by molar-refractivity contribution is 0.601. The van der Waals surface area contributed by atoms with Crippen molar-refractivity contribution >= 4 is 19.7 Å². The van der Waals surface area contributed by atoms with Crippen LogP contribution in [0, 0.1) is 0 Å². The van der Waals surface area contributed by atoms with Crippen LogP contribution in [0.1, 0.15) is 12.8 Å². The highest BCUT2D eigenvalue weighted by atomic mass is 32.2. The van der Waals surface area contributed by atoms with Crippen LogP contribution in [-0.2, 0) is 19.7 Å². The van der Waals surface area contributed by atoms with Crippen LogP contribution in [0.25, 0.3) is 0 Å². The Kier molecular flexibility index (Phi) is 4.43. The highest BCUT2D eigenvalue weighted by Gasteiger charge is 2.24. The molecular formula is C18H16O4S2. The number of hydrogen-bond acceptors (Lipinski definition) is 4. The fraction of sp³-hybridized carbons (Fsp3) is 0.111. The molecule has 0 N–H and O–H groups in total. The number of hydrogen-bond donors (Lipinski definition) is 0. The SMILES string of the molecule is O=S(=O)(C=C1CCC1=CS(=O)(=O)c1ccccc1)c1ccccc1. The Morgan fingerprint density at radius 3 is 1.21 bits per heavy atom. The lowest BCUT2D eigenvalue weighted by atomic mass is 9.88. The summed E-state index contributed by atoms with van der Waals surface area (Å²) in [5.41, 5.74) is 1.11. The van der Waals surface area contributed by atoms with E-state index in [9.17, 15) is 16.8 Å². The molecule has 6 heteroatoms. The quantitative estimate of drug-likeness (QED) is 0.837. The Bertz CT molecular complexity index is 916. The Morgan fingerprint density at radius 2 is 0.917 bits per heavy atom. The van der Waals surface area contributed by atoms with Gasteiger partial charge in [0.15, 0.2) is 19.7 Å². The number of benzene rings is 2. The van der Waals surface area contributed by atoms with Crippen LogP contribution in [0.2, 0.25) is 0 Å². The van der Waals surface area contributed by atoms with E-state index in [4.69, 9.17) is 0 Å². The van der Waals surface area contributed by atoms with Gasteiger partial charge in [-0.15, -0.1) is 0 Å². The van der Waals surface area contributed by atoms with Crippen LogP contribution >= 0.6 is 0 Å². The molecule has 4 nitrogen and oxygen atoms in total. The van der Waals surface area contributed by atoms with E-state index in [1.807, 2.05) is 0 Å². The van der Waals surface area contributed by atoms with E-state index in [1.54, 1.807) is 36.4 Å². The normalized spacial score (nSPS) is 18.5. The molecule has 0 bridgehead atoms. The number of rotatable bonds is 4. The van der Waals surface area contributed by atoms with Crippen LogP contribution in [0.3, 0.4) is 0 Å². The predicted molar refractivity (Wildman–Crippen MR) is 92.7 cm³/mol. The van der Waals surface area contributed by atoms with Crippen molar-refractivity contribution in [2.75, 3.05) is 0 Å². The van der Waals surface area contributed by atoms with E-state index < -0.39 is 19.7 Å². The average molecular weight is 360 g/mol. The molecule has 1 aliphatic rings. The predicted octanol–water partition coefficient (Wildman–Crippen LogP) is 3.50. The Morgan fingerprint density at radius 1 is 0.583 bits per heavy atom. The van der Waals surface area contributed by atoms with Gasteiger partial charge in [-0.3, -0.25) is 0 Å². The second-order valence-corrected chi connectivity index (χ2v) is 9.10. The molecule has 0 heterocycles. The van der Waals surface area contributed by atoms with Crippen molar-refractivity contribution in [1.29, 1.82) is 0 Å². The molecule has 0 aromatic heterocycles. The molecule has 1 fully saturated rings. The molecule has 0 atom stereocenters. The molecule has 0 unspecified atom stereocenters. The minimum atomic E-state index is -3.57. The van der Waals surface area contributed by atoms with E-state index in [0.717, 1.165) is 0 Å². The summed E-state index contributed by atoms with van der Waals surface area (Å²) in [5.74, 6) is 0. The standard InChI is InChI=1S/C18H16O4S2/c19-23(20,17-7-3-1-4-8-17)13-15-11-12-16(15)14-24(21,22)18-9-5-2-6-10-18/h1-10,13-14H,11-12H2. The molecule has 0 spiro atoms. The van der Waals surface area contributed by atoms with Crippen molar-refractivity contribution in [3.63, 3.8) is 0 Å². The first-order valence-electron chi connectivity index (χ1n) is 7.40. The zero-order chi connectivity index (χ0) is 17.2. The first-order chi connectivity index (χ1) is 11.4. The highest BCUT2D eigenvalue weighted by Crippen LogP contribution is 2.35. The zero-order valence-electron chi connectivity index (χ0n) is 12.8. The zero-order valence-corrected chi connectivity index (χ0v) is 14.4. The fourth-order valence-electron chi connectivity index (χ4n) is 2.41. The maximum Gasteiger partial charge on any atom is 0.200 e. The minimum absolute atomic E-state index is 0.203. The van der Waals surface area contributed by atoms with Crippen molar-refractivity contribution in [2.24, 2.45) is 0 Å². The number of sulfone groups is 2. The van der Waals surface area contributed by atoms with Gasteiger partial charge in [0, 0.05) is 10.8 Å². The van der Waals surface area contributed by atoms with Gasteiger partial charge in [-0.25, -0.2) is 16.8 Å². The van der Waals surface area contributed by atoms with Gasteiger partial charge >= 0.3 is 0 Å². The fourth-order valence-corrected chi connectivity index (χ4v) is 5.05. The highest BCUT2D eigenvalue weighted by molar-refractivity contribution is 7.94. The molecule has 2 aromatic carbocycles. The summed E-state index contributed by atoms with van der Waals surface area (Å²) in [5, 5.41) is 2.36. The van der Waals surface area contributed by atoms with Crippen molar-refractivity contribution in [3.05, 3.63) is 82.6 Å². The van der Waals surface area contributed by atoms with Gasteiger partial charge in [-0.1, -0.05) is 36.4 Å². The lowest BCUT2D eigenvalue weighted by Crippen LogP contribution is -2.09. The second-order valence-electron chi connectivity index (χ2n) is 5.50. The van der Waals surface area contributed by atoms with E-state index >= 15 is 0 Å². The van der Waals surface area contributed by atoms with E-state index in [-0.39, 0.29) is 9.79 Å². The average Bonchev–Trinajstić information content (AvgIpc) is 2.59. The second kappa shape index (κ2) is 6.37. The molecule has 0 saturated heterocycles. The van der Waals surface area contributed by atoms with Crippen LogP contribution in [0.5, 0.6) is 0 Å². The maximum absolute atomic E-state index is 12.4. The maximum atomic E-state index is 12.4. The largest absolute Gasteiger partial charge is 0.219 e. The van der Waals surface area contributed by atoms with E-state index in [0.29, 0.717) is 24.0 Å². The Balaban J connectivity index is 1.93. The third-order valence-corrected chi connectivity index (χ3v) is 6.86. The van der Waals surface area contributed by atoms with Gasteiger partial charge in [0.05, 0.1) is 9.79 Å². The first kappa shape index (κ1) is 16.7. The molecule has 24 heavy (non-hydrogen) atoms. The monoisotopic (exact) mass is 360 g/mol. The first-order valence-corrected chi connectivity index (χ1v) is 10.5. The summed E-state index contributed by atoms with van der Waals surface area (Å²) in [6.45, 7) is 0. The van der Waals surface area contributed by atoms with E-state index in [2.05, 4.69) is 0 Å². The minimum Gasteiger partial charge on any atom is -0.219 e. The summed E-state index contributed by atoms with van der Waals surface area (Å²) in [4.78, 5) is 0.407. The summed E-state index contributed by atoms with van der Waals surface area (Å²) < 4.78 is 49.5. The van der Waals surface area contributed by atoms with Gasteiger partial charge in [0.2, 0.25) is 0 Å². The smallest absolute Gasteiger partial charge is 0.200 e. The van der Waals surface area contributed by atoms with Crippen molar-refractivity contribution in [1.82, 2.24) is 0 Å². The van der Waals surface area contributed by atoms with E-state index in [1.165, 1.54) is 35.1 Å². The van der Waals surface area contributed by atoms with Gasteiger partial charge in [-0.2, -0.15) is 0 Å². The molecule has 124 valence electrons. The number of allylic oxidation sites excluding steroid dienone is 2. The molecule has 0 radical (unpaired) electrons. The molecule has 0 amide bonds. The van der Waals surface area contributed by atoms with Crippen LogP contribution in [0.4, 0.5) is 0 Å². The van der Waals surface area contributed by atoms with Gasteiger partial charge in [0.1, 0.15) is 0 Å². The topological polar surface area (TPSA) is 68.3 Å². The Hall–Kier alpha value is -2.18. The summed E-state index contributed by atoms with van der Waals surface area (Å²) >= 11 is 0. The van der Waals surface area contributed by atoms with Gasteiger partial charge in [0.25, 0.3) is 0 Å². The third-order valence-electron chi connectivity index (χ3n) is 3.81. The van der Waals surface area contributed by atoms with Gasteiger partial charge in [-0.05, 0) is 48.3 Å². The van der Waals surface area contributed by atoms with Crippen molar-refractivity contribution in [2.45, 2.75) is 22.6 Å². The molecule has 2 aromatic rings. The molecule has 0 aliphatic heterocycles. The summed E-state index contributed by atoms with van der Waals surface area (Å²) in [7, 11) is -7.14. The molecule has 3 rings (SSSR count). The lowest BCUT2D eigenvalue weighted by Gasteiger charge is -2.21. The Labute approximate surface area is 142 Å². The van der Waals surface area contributed by atoms with Gasteiger partial charge < -0.3 is 0 Å². The molecular weight excluding hydrogens is 344 g/mol. The van der Waals surface area contributed by atoms with Crippen LogP contribution in [-0.4, -0.2) is 16.8 Å². The summed E-state index contributed by atoms with van der Waals surface area (Å²) in [6.07, 6.45) is 1.12. The third kappa shape index (κ3) is 3.49. The molecule has 1 saturated carbocycles. The summed E-state index contributed by atoms with van der Waals surface area (Å²) in [6, 6.07) is 16.2. The van der Waals surface area contributed by atoms with Crippen molar-refractivity contribution in [3.8, 4) is 0 Å². The molecule has 1 aliphatic carbocycles. The van der Waals surface area contributed by atoms with Crippen LogP contribution in [0.15, 0.2) is 92.4 Å².